The molecule has 0 saturated carbocycles. The van der Waals surface area contributed by atoms with Crippen LogP contribution in [0.4, 0.5) is 11.4 Å². The number of fused-ring (bicyclic) bond motifs is 18. The van der Waals surface area contributed by atoms with Crippen molar-refractivity contribution in [3.05, 3.63) is 198 Å². The van der Waals surface area contributed by atoms with Crippen LogP contribution in [0.1, 0.15) is 104 Å². The maximum absolute atomic E-state index is 6.71. The lowest BCUT2D eigenvalue weighted by Crippen LogP contribution is -2.59. The number of nitrogens with one attached hydrogen (secondary N) is 1. The molecule has 4 nitrogen and oxygen atoms in total. The third kappa shape index (κ3) is 6.73. The predicted molar refractivity (Wildman–Crippen MR) is 336 cm³/mol. The molecule has 380 valence electrons. The Morgan fingerprint density at radius 2 is 0.936 bits per heavy atom. The van der Waals surface area contributed by atoms with E-state index in [1.807, 2.05) is 30.3 Å². The van der Waals surface area contributed by atoms with Crippen molar-refractivity contribution in [3.63, 3.8) is 0 Å². The average molecular weight is 1010 g/mol. The molecule has 0 radical (unpaired) electrons. The van der Waals surface area contributed by atoms with Crippen LogP contribution in [0.2, 0.25) is 0 Å². The van der Waals surface area contributed by atoms with Gasteiger partial charge < -0.3 is 19.2 Å². The van der Waals surface area contributed by atoms with Crippen molar-refractivity contribution < 1.29 is 4.74 Å². The molecule has 13 aromatic rings. The molecule has 15 rings (SSSR count). The highest BCUT2D eigenvalue weighted by Gasteiger charge is 2.43. The molecule has 2 aliphatic heterocycles. The molecular formula is C73H64BN3O. The number of anilines is 2. The number of hydrogen-bond donors (Lipinski definition) is 1. The standard InChI is InChI=1S/C73H64BN3O/c1-41(2)42-21-27-53-45(35-42)39-56-69-66(53)64-52-29-25-48(72(6,7)8)37-44(52)23-33-60(64)77(69)70-58(75-57-19-15-16-20-62(57)78-50-17-13-12-14-18-50)31-34-61-67(70)74(56)55-40-46-38-49(73(9,10)11)26-30-54(46)65-63-51-28-24-47(71(3,4)5)36-43(51)22-32-59(63)76(61)68(55)65/h12-41,75H,1-11H3. The minimum Gasteiger partial charge on any atom is -0.455 e. The lowest BCUT2D eigenvalue weighted by molar-refractivity contribution is 0.485. The lowest BCUT2D eigenvalue weighted by Gasteiger charge is -2.35. The predicted octanol–water partition coefficient (Wildman–Crippen LogP) is 18.2. The summed E-state index contributed by atoms with van der Waals surface area (Å²) in [5.41, 5.74) is 18.7. The van der Waals surface area contributed by atoms with Crippen LogP contribution in [0, 0.1) is 0 Å². The molecule has 0 bridgehead atoms. The van der Waals surface area contributed by atoms with Gasteiger partial charge in [0, 0.05) is 27.2 Å². The quantitative estimate of drug-likeness (QED) is 0.174. The van der Waals surface area contributed by atoms with Crippen LogP contribution in [0.5, 0.6) is 11.5 Å². The smallest absolute Gasteiger partial charge is 0.252 e. The van der Waals surface area contributed by atoms with E-state index in [4.69, 9.17) is 4.74 Å². The molecule has 4 heterocycles. The molecule has 0 amide bonds. The molecule has 1 N–H and O–H groups in total. The highest BCUT2D eigenvalue weighted by Crippen LogP contribution is 2.49. The topological polar surface area (TPSA) is 31.1 Å². The SMILES string of the molecule is CC(C)c1ccc2c(c1)cc1c3c2c2c4ccc(C(C)(C)C)cc4ccc2n3-c2c(Nc3ccccc3Oc3ccccc3)ccc3c2B1c1cc2cc(C(C)(C)C)ccc2c2c4c5ccc(C(C)(C)C)cc5ccc4n-3c12. The van der Waals surface area contributed by atoms with Crippen LogP contribution in [-0.4, -0.2) is 15.8 Å². The Hall–Kier alpha value is -8.28. The van der Waals surface area contributed by atoms with Crippen LogP contribution >= 0.6 is 0 Å². The summed E-state index contributed by atoms with van der Waals surface area (Å²) in [5, 5.41) is 19.6. The molecule has 2 aromatic heterocycles. The lowest BCUT2D eigenvalue weighted by atomic mass is 9.34. The molecule has 0 fully saturated rings. The fourth-order valence-corrected chi connectivity index (χ4v) is 13.6. The van der Waals surface area contributed by atoms with E-state index in [2.05, 4.69) is 236 Å². The summed E-state index contributed by atoms with van der Waals surface area (Å²) in [7, 11) is 0. The highest BCUT2D eigenvalue weighted by molar-refractivity contribution is 7.01. The van der Waals surface area contributed by atoms with Crippen LogP contribution in [-0.2, 0) is 16.2 Å². The Kier molecular flexibility index (Phi) is 9.72. The first-order valence-corrected chi connectivity index (χ1v) is 28.1. The van der Waals surface area contributed by atoms with Gasteiger partial charge in [0.2, 0.25) is 0 Å². The maximum atomic E-state index is 6.71. The first-order chi connectivity index (χ1) is 37.4. The second-order valence-corrected chi connectivity index (χ2v) is 26.0. The average Bonchev–Trinajstić information content (AvgIpc) is 4.00. The van der Waals surface area contributed by atoms with Gasteiger partial charge in [-0.3, -0.25) is 0 Å². The third-order valence-electron chi connectivity index (χ3n) is 17.7. The normalized spacial score (nSPS) is 13.4. The highest BCUT2D eigenvalue weighted by atomic mass is 16.5. The third-order valence-corrected chi connectivity index (χ3v) is 17.7. The van der Waals surface area contributed by atoms with Crippen molar-refractivity contribution in [2.75, 3.05) is 5.32 Å². The number of para-hydroxylation sites is 3. The van der Waals surface area contributed by atoms with Crippen molar-refractivity contribution in [1.82, 2.24) is 9.13 Å². The zero-order valence-electron chi connectivity index (χ0n) is 46.7. The fourth-order valence-electron chi connectivity index (χ4n) is 13.6. The van der Waals surface area contributed by atoms with Crippen molar-refractivity contribution in [2.24, 2.45) is 0 Å². The van der Waals surface area contributed by atoms with E-state index in [1.165, 1.54) is 137 Å². The van der Waals surface area contributed by atoms with Gasteiger partial charge in [0.05, 0.1) is 39.1 Å². The minimum absolute atomic E-state index is 0.00721. The van der Waals surface area contributed by atoms with E-state index in [0.29, 0.717) is 5.92 Å². The fraction of sp³-hybridized carbons (Fsp3) is 0.205. The summed E-state index contributed by atoms with van der Waals surface area (Å²) < 4.78 is 12.0. The zero-order chi connectivity index (χ0) is 53.5. The van der Waals surface area contributed by atoms with Gasteiger partial charge in [-0.1, -0.05) is 204 Å². The van der Waals surface area contributed by atoms with E-state index >= 15 is 0 Å². The van der Waals surface area contributed by atoms with Crippen LogP contribution < -0.4 is 26.4 Å². The first-order valence-electron chi connectivity index (χ1n) is 28.1. The summed E-state index contributed by atoms with van der Waals surface area (Å²) >= 11 is 0. The Bertz CT molecular complexity index is 4760. The molecule has 0 aliphatic carbocycles. The monoisotopic (exact) mass is 1010 g/mol. The van der Waals surface area contributed by atoms with E-state index in [-0.39, 0.29) is 23.0 Å². The second kappa shape index (κ2) is 16.1. The van der Waals surface area contributed by atoms with Gasteiger partial charge in [-0.25, -0.2) is 0 Å². The van der Waals surface area contributed by atoms with Gasteiger partial charge in [-0.05, 0) is 152 Å². The van der Waals surface area contributed by atoms with Gasteiger partial charge in [-0.15, -0.1) is 0 Å². The van der Waals surface area contributed by atoms with Gasteiger partial charge in [0.1, 0.15) is 5.75 Å². The van der Waals surface area contributed by atoms with Crippen LogP contribution in [0.15, 0.2) is 176 Å². The Labute approximate surface area is 457 Å². The molecule has 0 spiro atoms. The second-order valence-electron chi connectivity index (χ2n) is 26.0. The number of ether oxygens (including phenoxy) is 1. The van der Waals surface area contributed by atoms with Gasteiger partial charge in [0.25, 0.3) is 6.71 Å². The van der Waals surface area contributed by atoms with Crippen molar-refractivity contribution in [3.8, 4) is 22.9 Å². The maximum Gasteiger partial charge on any atom is 0.252 e. The van der Waals surface area contributed by atoms with Crippen molar-refractivity contribution in [2.45, 2.75) is 98.3 Å². The Morgan fingerprint density at radius 1 is 0.436 bits per heavy atom. The van der Waals surface area contributed by atoms with Gasteiger partial charge in [-0.2, -0.15) is 0 Å². The molecule has 0 atom stereocenters. The molecule has 0 unspecified atom stereocenters. The summed E-state index contributed by atoms with van der Waals surface area (Å²) in [6.07, 6.45) is 0. The molecule has 0 saturated heterocycles. The zero-order valence-corrected chi connectivity index (χ0v) is 46.7. The number of benzene rings is 11. The molecule has 78 heavy (non-hydrogen) atoms. The molecular weight excluding hydrogens is 946 g/mol. The van der Waals surface area contributed by atoms with Crippen LogP contribution in [0.25, 0.3) is 98.1 Å². The minimum atomic E-state index is -0.112. The van der Waals surface area contributed by atoms with Gasteiger partial charge >= 0.3 is 0 Å². The number of hydrogen-bond acceptors (Lipinski definition) is 2. The van der Waals surface area contributed by atoms with E-state index in [9.17, 15) is 0 Å². The molecule has 2 aliphatic rings. The number of aromatic nitrogens is 2. The van der Waals surface area contributed by atoms with Crippen molar-refractivity contribution in [1.29, 1.82) is 0 Å². The molecule has 11 aromatic carbocycles. The van der Waals surface area contributed by atoms with Crippen LogP contribution in [0.3, 0.4) is 0 Å². The van der Waals surface area contributed by atoms with Crippen molar-refractivity contribution >= 4 is 121 Å². The van der Waals surface area contributed by atoms with E-state index in [0.717, 1.165) is 22.9 Å². The summed E-state index contributed by atoms with van der Waals surface area (Å²) in [6, 6.07) is 67.1. The summed E-state index contributed by atoms with van der Waals surface area (Å²) in [6.45, 7) is 25.5. The number of rotatable bonds is 5. The Balaban J connectivity index is 1.14. The van der Waals surface area contributed by atoms with E-state index < -0.39 is 0 Å². The number of nitrogens with zero attached hydrogens (tertiary/aromatic N) is 2. The van der Waals surface area contributed by atoms with E-state index in [1.54, 1.807) is 0 Å². The summed E-state index contributed by atoms with van der Waals surface area (Å²) in [5.74, 6) is 1.94. The largest absolute Gasteiger partial charge is 0.455 e. The summed E-state index contributed by atoms with van der Waals surface area (Å²) in [4.78, 5) is 0. The Morgan fingerprint density at radius 3 is 1.51 bits per heavy atom. The first kappa shape index (κ1) is 47.0. The van der Waals surface area contributed by atoms with Gasteiger partial charge in [0.15, 0.2) is 5.75 Å². The molecule has 5 heteroatoms.